The Bertz CT molecular complexity index is 1510. The van der Waals surface area contributed by atoms with Gasteiger partial charge < -0.3 is 53.2 Å². The molecule has 0 bridgehead atoms. The maximum Gasteiger partial charge on any atom is 0.312 e. The van der Waals surface area contributed by atoms with E-state index in [1.54, 1.807) is 30.3 Å². The number of carbonyl (C=O) groups excluding carboxylic acids is 1. The van der Waals surface area contributed by atoms with Crippen LogP contribution in [-0.4, -0.2) is 87.7 Å². The molecule has 45 heavy (non-hydrogen) atoms. The average molecular weight is 625 g/mol. The molecule has 3 aromatic rings. The van der Waals surface area contributed by atoms with Crippen LogP contribution in [0, 0.1) is 5.92 Å². The molecule has 1 saturated heterocycles. The van der Waals surface area contributed by atoms with E-state index in [4.69, 9.17) is 37.9 Å². The maximum atomic E-state index is 13.4. The topological polar surface area (TPSA) is 152 Å². The number of ether oxygens (including phenoxy) is 8. The summed E-state index contributed by atoms with van der Waals surface area (Å²) in [5.41, 5.74) is -2.74. The van der Waals surface area contributed by atoms with E-state index >= 15 is 0 Å². The van der Waals surface area contributed by atoms with Gasteiger partial charge in [0.25, 0.3) is 6.29 Å². The summed E-state index contributed by atoms with van der Waals surface area (Å²) in [6, 6.07) is 19.0. The number of hydrogen-bond acceptors (Lipinski definition) is 12. The Morgan fingerprint density at radius 1 is 0.956 bits per heavy atom. The van der Waals surface area contributed by atoms with Gasteiger partial charge in [0.1, 0.15) is 35.2 Å². The molecule has 3 N–H and O–H groups in total. The van der Waals surface area contributed by atoms with Gasteiger partial charge in [-0.15, -0.1) is 0 Å². The lowest BCUT2D eigenvalue weighted by atomic mass is 9.70. The second-order valence-electron chi connectivity index (χ2n) is 11.1. The fourth-order valence-corrected chi connectivity index (χ4v) is 6.92. The van der Waals surface area contributed by atoms with Gasteiger partial charge in [-0.3, -0.25) is 4.79 Å². The van der Waals surface area contributed by atoms with Crippen LogP contribution in [0.5, 0.6) is 23.0 Å². The third-order valence-corrected chi connectivity index (χ3v) is 8.88. The van der Waals surface area contributed by atoms with Crippen molar-refractivity contribution in [2.45, 2.75) is 41.9 Å². The molecule has 0 radical (unpaired) electrons. The predicted octanol–water partition coefficient (Wildman–Crippen LogP) is 2.21. The molecule has 8 atom stereocenters. The molecule has 1 aliphatic carbocycles. The molecule has 3 aromatic carbocycles. The smallest absolute Gasteiger partial charge is 0.312 e. The second-order valence-corrected chi connectivity index (χ2v) is 11.1. The van der Waals surface area contributed by atoms with Gasteiger partial charge in [-0.1, -0.05) is 42.5 Å². The molecule has 0 spiro atoms. The largest absolute Gasteiger partial charge is 0.497 e. The number of benzene rings is 3. The molecular formula is C33H36O12. The van der Waals surface area contributed by atoms with Crippen molar-refractivity contribution in [2.75, 3.05) is 41.7 Å². The van der Waals surface area contributed by atoms with Crippen LogP contribution in [0.3, 0.4) is 0 Å². The molecule has 0 amide bonds. The first-order valence-electron chi connectivity index (χ1n) is 14.4. The Balaban J connectivity index is 1.55. The van der Waals surface area contributed by atoms with Crippen molar-refractivity contribution < 1.29 is 58.0 Å². The Morgan fingerprint density at radius 3 is 2.31 bits per heavy atom. The molecule has 1 saturated carbocycles. The Morgan fingerprint density at radius 2 is 1.69 bits per heavy atom. The third kappa shape index (κ3) is 4.71. The van der Waals surface area contributed by atoms with Crippen LogP contribution < -0.4 is 18.9 Å². The van der Waals surface area contributed by atoms with Crippen molar-refractivity contribution in [3.05, 3.63) is 83.4 Å². The van der Waals surface area contributed by atoms with Crippen LogP contribution in [0.15, 0.2) is 66.7 Å². The second kappa shape index (κ2) is 12.1. The zero-order valence-corrected chi connectivity index (χ0v) is 25.2. The van der Waals surface area contributed by atoms with Crippen molar-refractivity contribution in [1.29, 1.82) is 0 Å². The quantitative estimate of drug-likeness (QED) is 0.300. The van der Waals surface area contributed by atoms with Crippen LogP contribution >= 0.6 is 0 Å². The van der Waals surface area contributed by atoms with Crippen LogP contribution in [-0.2, 0) is 34.9 Å². The minimum atomic E-state index is -2.22. The lowest BCUT2D eigenvalue weighted by Crippen LogP contribution is -2.52. The number of carbonyl (C=O) groups is 1. The number of methoxy groups -OCH3 is 4. The Hall–Kier alpha value is -3.91. The highest BCUT2D eigenvalue weighted by molar-refractivity contribution is 5.78. The standard InChI is InChI=1S/C33H36O12/c1-38-20-12-10-19(11-13-20)33-26(18-8-6-5-7-9-18)25(29(36)40-3)28(35)32(33,37)27-23(39-2)14-21(15-24(27)45-33)43-31-30(41-4)42-17-22(16-34)44-31/h5-15,22,25-26,28,30-31,34-35,37H,16-17H2,1-4H3/t22-,25+,26+,28+,30+,31-,32-,33-/m0/s1. The van der Waals surface area contributed by atoms with Gasteiger partial charge in [0.15, 0.2) is 11.2 Å². The van der Waals surface area contributed by atoms with E-state index in [1.807, 2.05) is 30.3 Å². The van der Waals surface area contributed by atoms with Crippen LogP contribution in [0.25, 0.3) is 0 Å². The number of aliphatic hydroxyl groups is 3. The highest BCUT2D eigenvalue weighted by atomic mass is 16.8. The van der Waals surface area contributed by atoms with Gasteiger partial charge in [-0.25, -0.2) is 0 Å². The lowest BCUT2D eigenvalue weighted by Gasteiger charge is -2.40. The summed E-state index contributed by atoms with van der Waals surface area (Å²) in [5.74, 6) is -1.83. The molecule has 6 rings (SSSR count). The number of aliphatic hydroxyl groups excluding tert-OH is 2. The SMILES string of the molecule is COC(=O)[C@H]1[C@@H](O)[C@@]2(O)c3c(OC)cc(O[C@H]4O[C@@H](CO)CO[C@H]4OC)cc3O[C@@]2(c2ccc(OC)cc2)[C@@H]1c1ccccc1. The third-order valence-electron chi connectivity index (χ3n) is 8.88. The van der Waals surface area contributed by atoms with E-state index in [-0.39, 0.29) is 36.0 Å². The molecule has 3 aliphatic rings. The zero-order valence-electron chi connectivity index (χ0n) is 25.2. The number of esters is 1. The first-order valence-corrected chi connectivity index (χ1v) is 14.4. The first-order chi connectivity index (χ1) is 21.8. The van der Waals surface area contributed by atoms with Crippen LogP contribution in [0.2, 0.25) is 0 Å². The van der Waals surface area contributed by atoms with Crippen LogP contribution in [0.1, 0.15) is 22.6 Å². The maximum absolute atomic E-state index is 13.4. The molecule has 2 heterocycles. The summed E-state index contributed by atoms with van der Waals surface area (Å²) in [7, 11) is 5.62. The molecule has 12 nitrogen and oxygen atoms in total. The van der Waals surface area contributed by atoms with Crippen molar-refractivity contribution in [3.63, 3.8) is 0 Å². The molecule has 12 heteroatoms. The highest BCUT2D eigenvalue weighted by Crippen LogP contribution is 2.70. The number of fused-ring (bicyclic) bond motifs is 3. The molecule has 2 fully saturated rings. The van der Waals surface area contributed by atoms with E-state index in [2.05, 4.69) is 0 Å². The molecule has 2 aliphatic heterocycles. The van der Waals surface area contributed by atoms with Crippen molar-refractivity contribution in [2.24, 2.45) is 5.92 Å². The van der Waals surface area contributed by atoms with Gasteiger partial charge in [0, 0.05) is 25.2 Å². The average Bonchev–Trinajstić information content (AvgIpc) is 3.46. The molecule has 0 aromatic heterocycles. The van der Waals surface area contributed by atoms with Gasteiger partial charge in [0.2, 0.25) is 6.29 Å². The predicted molar refractivity (Wildman–Crippen MR) is 156 cm³/mol. The zero-order chi connectivity index (χ0) is 31.9. The van der Waals surface area contributed by atoms with Gasteiger partial charge in [0.05, 0.1) is 46.0 Å². The first kappa shape index (κ1) is 31.1. The van der Waals surface area contributed by atoms with Gasteiger partial charge in [-0.05, 0) is 23.3 Å². The van der Waals surface area contributed by atoms with Gasteiger partial charge >= 0.3 is 5.97 Å². The van der Waals surface area contributed by atoms with Crippen molar-refractivity contribution >= 4 is 5.97 Å². The van der Waals surface area contributed by atoms with Crippen molar-refractivity contribution in [3.8, 4) is 23.0 Å². The van der Waals surface area contributed by atoms with Crippen molar-refractivity contribution in [1.82, 2.24) is 0 Å². The Labute approximate surface area is 259 Å². The summed E-state index contributed by atoms with van der Waals surface area (Å²) in [4.78, 5) is 13.4. The summed E-state index contributed by atoms with van der Waals surface area (Å²) in [5, 5.41) is 34.7. The monoisotopic (exact) mass is 624 g/mol. The van der Waals surface area contributed by atoms with Crippen LogP contribution in [0.4, 0.5) is 0 Å². The molecule has 0 unspecified atom stereocenters. The summed E-state index contributed by atoms with van der Waals surface area (Å²) < 4.78 is 46.1. The fraction of sp³-hybridized carbons (Fsp3) is 0.424. The lowest BCUT2D eigenvalue weighted by molar-refractivity contribution is -0.315. The number of rotatable bonds is 9. The van der Waals surface area contributed by atoms with Gasteiger partial charge in [-0.2, -0.15) is 0 Å². The fourth-order valence-electron chi connectivity index (χ4n) is 6.92. The summed E-state index contributed by atoms with van der Waals surface area (Å²) in [6.07, 6.45) is -4.29. The number of hydrogen-bond donors (Lipinski definition) is 3. The van der Waals surface area contributed by atoms with E-state index < -0.39 is 53.8 Å². The molecular weight excluding hydrogens is 588 g/mol. The Kier molecular flexibility index (Phi) is 8.37. The molecule has 240 valence electrons. The highest BCUT2D eigenvalue weighted by Gasteiger charge is 2.78. The minimum absolute atomic E-state index is 0.114. The van der Waals surface area contributed by atoms with E-state index in [1.165, 1.54) is 34.5 Å². The summed E-state index contributed by atoms with van der Waals surface area (Å²) in [6.45, 7) is -0.173. The van der Waals surface area contributed by atoms with E-state index in [0.29, 0.717) is 16.9 Å². The normalized spacial score (nSPS) is 31.8. The van der Waals surface area contributed by atoms with E-state index in [9.17, 15) is 20.1 Å². The minimum Gasteiger partial charge on any atom is -0.497 e. The van der Waals surface area contributed by atoms with E-state index in [0.717, 1.165) is 0 Å². The summed E-state index contributed by atoms with van der Waals surface area (Å²) >= 11 is 0.